The minimum atomic E-state index is -0.395. The summed E-state index contributed by atoms with van der Waals surface area (Å²) in [6.07, 6.45) is 1.47. The highest BCUT2D eigenvalue weighted by atomic mass is 16.6. The Morgan fingerprint density at radius 1 is 1.15 bits per heavy atom. The SMILES string of the molecule is COc1cc(OC)c(/C=C(/C(C)C)[N+](=O)[O-])c(OC)c1. The van der Waals surface area contributed by atoms with E-state index in [1.807, 2.05) is 0 Å². The van der Waals surface area contributed by atoms with Gasteiger partial charge < -0.3 is 14.2 Å². The van der Waals surface area contributed by atoms with Gasteiger partial charge in [0.25, 0.3) is 0 Å². The summed E-state index contributed by atoms with van der Waals surface area (Å²) in [6, 6.07) is 3.32. The van der Waals surface area contributed by atoms with Crippen molar-refractivity contribution >= 4 is 6.08 Å². The molecular weight excluding hydrogens is 262 g/mol. The van der Waals surface area contributed by atoms with Crippen molar-refractivity contribution in [2.45, 2.75) is 13.8 Å². The van der Waals surface area contributed by atoms with Gasteiger partial charge in [0, 0.05) is 24.1 Å². The fourth-order valence-electron chi connectivity index (χ4n) is 1.75. The summed E-state index contributed by atoms with van der Waals surface area (Å²) in [7, 11) is 4.51. The van der Waals surface area contributed by atoms with Crippen LogP contribution < -0.4 is 14.2 Å². The number of allylic oxidation sites excluding steroid dienone is 1. The van der Waals surface area contributed by atoms with Crippen LogP contribution in [0.4, 0.5) is 0 Å². The molecule has 1 aromatic rings. The first-order valence-electron chi connectivity index (χ1n) is 6.10. The minimum absolute atomic E-state index is 0.0896. The van der Waals surface area contributed by atoms with Crippen molar-refractivity contribution in [2.75, 3.05) is 21.3 Å². The molecular formula is C14H19NO5. The summed E-state index contributed by atoms with van der Waals surface area (Å²) < 4.78 is 15.7. The standard InChI is InChI=1S/C14H19NO5/c1-9(2)12(15(16)17)8-11-13(19-4)6-10(18-3)7-14(11)20-5/h6-9H,1-5H3/b12-8-. The van der Waals surface area contributed by atoms with E-state index < -0.39 is 4.92 Å². The molecule has 0 aliphatic carbocycles. The molecule has 110 valence electrons. The molecule has 0 aromatic heterocycles. The molecule has 20 heavy (non-hydrogen) atoms. The summed E-state index contributed by atoms with van der Waals surface area (Å²) in [5.74, 6) is 1.26. The highest BCUT2D eigenvalue weighted by Gasteiger charge is 2.20. The van der Waals surface area contributed by atoms with E-state index in [-0.39, 0.29) is 11.6 Å². The van der Waals surface area contributed by atoms with Crippen molar-refractivity contribution in [3.05, 3.63) is 33.5 Å². The van der Waals surface area contributed by atoms with Crippen LogP contribution in [0.3, 0.4) is 0 Å². The van der Waals surface area contributed by atoms with Gasteiger partial charge in [-0.1, -0.05) is 13.8 Å². The largest absolute Gasteiger partial charge is 0.496 e. The van der Waals surface area contributed by atoms with Gasteiger partial charge in [0.05, 0.1) is 31.8 Å². The summed E-state index contributed by atoms with van der Waals surface area (Å²) in [4.78, 5) is 10.7. The molecule has 0 spiro atoms. The number of ether oxygens (including phenoxy) is 3. The fourth-order valence-corrected chi connectivity index (χ4v) is 1.75. The first-order valence-corrected chi connectivity index (χ1v) is 6.10. The lowest BCUT2D eigenvalue weighted by atomic mass is 10.1. The van der Waals surface area contributed by atoms with E-state index in [0.29, 0.717) is 22.8 Å². The van der Waals surface area contributed by atoms with E-state index in [9.17, 15) is 10.1 Å². The lowest BCUT2D eigenvalue weighted by Crippen LogP contribution is -2.06. The average molecular weight is 281 g/mol. The Kier molecular flexibility index (Phi) is 5.37. The molecule has 0 atom stereocenters. The Hall–Kier alpha value is -2.24. The molecule has 0 heterocycles. The number of rotatable bonds is 6. The van der Waals surface area contributed by atoms with Gasteiger partial charge in [0.15, 0.2) is 0 Å². The zero-order chi connectivity index (χ0) is 15.3. The molecule has 0 N–H and O–H groups in total. The van der Waals surface area contributed by atoms with E-state index in [2.05, 4.69) is 0 Å². The maximum atomic E-state index is 11.1. The molecule has 0 aliphatic heterocycles. The van der Waals surface area contributed by atoms with Crippen molar-refractivity contribution in [1.82, 2.24) is 0 Å². The summed E-state index contributed by atoms with van der Waals surface area (Å²) in [6.45, 7) is 3.52. The Balaban J connectivity index is 3.49. The third kappa shape index (κ3) is 3.40. The van der Waals surface area contributed by atoms with Gasteiger partial charge in [0.1, 0.15) is 17.2 Å². The molecule has 6 heteroatoms. The van der Waals surface area contributed by atoms with Gasteiger partial charge in [0.2, 0.25) is 5.70 Å². The Morgan fingerprint density at radius 2 is 1.65 bits per heavy atom. The number of benzene rings is 1. The molecule has 0 aliphatic rings. The molecule has 0 radical (unpaired) electrons. The lowest BCUT2D eigenvalue weighted by Gasteiger charge is -2.13. The van der Waals surface area contributed by atoms with E-state index in [1.54, 1.807) is 26.0 Å². The summed E-state index contributed by atoms with van der Waals surface area (Å²) >= 11 is 0. The zero-order valence-corrected chi connectivity index (χ0v) is 12.3. The highest BCUT2D eigenvalue weighted by Crippen LogP contribution is 2.36. The van der Waals surface area contributed by atoms with Gasteiger partial charge in [-0.25, -0.2) is 0 Å². The summed E-state index contributed by atoms with van der Waals surface area (Å²) in [5.41, 5.74) is 0.614. The molecule has 0 saturated heterocycles. The van der Waals surface area contributed by atoms with Crippen LogP contribution in [-0.2, 0) is 0 Å². The van der Waals surface area contributed by atoms with Crippen molar-refractivity contribution in [2.24, 2.45) is 5.92 Å². The predicted octanol–water partition coefficient (Wildman–Crippen LogP) is 2.99. The van der Waals surface area contributed by atoms with Crippen LogP contribution in [0.1, 0.15) is 19.4 Å². The Labute approximate surface area is 118 Å². The number of nitrogens with zero attached hydrogens (tertiary/aromatic N) is 1. The second kappa shape index (κ2) is 6.79. The second-order valence-electron chi connectivity index (χ2n) is 4.43. The lowest BCUT2D eigenvalue weighted by molar-refractivity contribution is -0.431. The van der Waals surface area contributed by atoms with Crippen LogP contribution in [0, 0.1) is 16.0 Å². The van der Waals surface area contributed by atoms with Gasteiger partial charge in [-0.05, 0) is 0 Å². The first-order chi connectivity index (χ1) is 9.44. The number of methoxy groups -OCH3 is 3. The summed E-state index contributed by atoms with van der Waals surface area (Å²) in [5, 5.41) is 11.1. The van der Waals surface area contributed by atoms with Gasteiger partial charge in [-0.3, -0.25) is 10.1 Å². The van der Waals surface area contributed by atoms with Crippen LogP contribution in [0.2, 0.25) is 0 Å². The molecule has 0 fully saturated rings. The van der Waals surface area contributed by atoms with Crippen molar-refractivity contribution < 1.29 is 19.1 Å². The van der Waals surface area contributed by atoms with Crippen LogP contribution in [0.15, 0.2) is 17.8 Å². The van der Waals surface area contributed by atoms with Crippen molar-refractivity contribution in [1.29, 1.82) is 0 Å². The van der Waals surface area contributed by atoms with E-state index >= 15 is 0 Å². The molecule has 0 bridgehead atoms. The fraction of sp³-hybridized carbons (Fsp3) is 0.429. The van der Waals surface area contributed by atoms with Crippen molar-refractivity contribution in [3.63, 3.8) is 0 Å². The van der Waals surface area contributed by atoms with Crippen LogP contribution >= 0.6 is 0 Å². The predicted molar refractivity (Wildman–Crippen MR) is 75.9 cm³/mol. The molecule has 0 unspecified atom stereocenters. The average Bonchev–Trinajstić information content (AvgIpc) is 2.42. The normalized spacial score (nSPS) is 11.4. The van der Waals surface area contributed by atoms with Crippen molar-refractivity contribution in [3.8, 4) is 17.2 Å². The smallest absolute Gasteiger partial charge is 0.249 e. The Bertz CT molecular complexity index is 497. The molecule has 0 saturated carbocycles. The third-order valence-electron chi connectivity index (χ3n) is 2.85. The maximum absolute atomic E-state index is 11.1. The molecule has 0 amide bonds. The van der Waals surface area contributed by atoms with Crippen LogP contribution in [0.25, 0.3) is 6.08 Å². The molecule has 1 rings (SSSR count). The van der Waals surface area contributed by atoms with Gasteiger partial charge in [-0.2, -0.15) is 0 Å². The van der Waals surface area contributed by atoms with Crippen LogP contribution in [0.5, 0.6) is 17.2 Å². The topological polar surface area (TPSA) is 70.8 Å². The quantitative estimate of drug-likeness (QED) is 0.592. The zero-order valence-electron chi connectivity index (χ0n) is 12.3. The van der Waals surface area contributed by atoms with E-state index in [4.69, 9.17) is 14.2 Å². The van der Waals surface area contributed by atoms with Gasteiger partial charge >= 0.3 is 0 Å². The van der Waals surface area contributed by atoms with E-state index in [0.717, 1.165) is 0 Å². The molecule has 1 aromatic carbocycles. The Morgan fingerprint density at radius 3 is 1.95 bits per heavy atom. The number of nitro groups is 1. The minimum Gasteiger partial charge on any atom is -0.496 e. The van der Waals surface area contributed by atoms with Gasteiger partial charge in [-0.15, -0.1) is 0 Å². The number of hydrogen-bond donors (Lipinski definition) is 0. The maximum Gasteiger partial charge on any atom is 0.249 e. The van der Waals surface area contributed by atoms with E-state index in [1.165, 1.54) is 27.4 Å². The monoisotopic (exact) mass is 281 g/mol. The number of hydrogen-bond acceptors (Lipinski definition) is 5. The third-order valence-corrected chi connectivity index (χ3v) is 2.85. The highest BCUT2D eigenvalue weighted by molar-refractivity contribution is 5.67. The molecule has 6 nitrogen and oxygen atoms in total. The second-order valence-corrected chi connectivity index (χ2v) is 4.43. The first kappa shape index (κ1) is 15.8. The van der Waals surface area contributed by atoms with Crippen LogP contribution in [-0.4, -0.2) is 26.3 Å².